The number of rotatable bonds is 16. The summed E-state index contributed by atoms with van der Waals surface area (Å²) in [4.78, 5) is 48.9. The van der Waals surface area contributed by atoms with Crippen molar-refractivity contribution in [1.82, 2.24) is 14.7 Å². The summed E-state index contributed by atoms with van der Waals surface area (Å²) < 4.78 is -0.684. The maximum atomic E-state index is 14.6. The van der Waals surface area contributed by atoms with Crippen LogP contribution in [-0.2, 0) is 20.9 Å². The smallest absolute Gasteiger partial charge is 0.247 e. The molecule has 3 aliphatic heterocycles. The van der Waals surface area contributed by atoms with Gasteiger partial charge in [-0.2, -0.15) is 0 Å². The van der Waals surface area contributed by atoms with Gasteiger partial charge in [-0.3, -0.25) is 14.4 Å². The highest BCUT2D eigenvalue weighted by Crippen LogP contribution is 2.67. The van der Waals surface area contributed by atoms with E-state index in [9.17, 15) is 19.5 Å². The Bertz CT molecular complexity index is 1130. The fourth-order valence-electron chi connectivity index (χ4n) is 7.40. The second-order valence-electron chi connectivity index (χ2n) is 12.2. The summed E-state index contributed by atoms with van der Waals surface area (Å²) in [6.07, 6.45) is 8.70. The highest BCUT2D eigenvalue weighted by molar-refractivity contribution is 8.02. The summed E-state index contributed by atoms with van der Waals surface area (Å²) in [5.41, 5.74) is 1.02. The van der Waals surface area contributed by atoms with Gasteiger partial charge in [0.2, 0.25) is 17.7 Å². The van der Waals surface area contributed by atoms with E-state index in [4.69, 9.17) is 0 Å². The third kappa shape index (κ3) is 5.94. The zero-order valence-electron chi connectivity index (χ0n) is 25.6. The molecule has 3 fully saturated rings. The number of likely N-dealkylation sites (tertiary alicyclic amines) is 1. The van der Waals surface area contributed by atoms with Crippen molar-refractivity contribution in [3.63, 3.8) is 0 Å². The van der Waals surface area contributed by atoms with Gasteiger partial charge in [-0.15, -0.1) is 24.9 Å². The molecule has 4 rings (SSSR count). The van der Waals surface area contributed by atoms with Gasteiger partial charge in [-0.25, -0.2) is 0 Å². The molecule has 0 saturated carbocycles. The van der Waals surface area contributed by atoms with Crippen LogP contribution in [0.3, 0.4) is 0 Å². The number of nitrogens with zero attached hydrogens (tertiary/aromatic N) is 3. The molecule has 3 aliphatic rings. The average Bonchev–Trinajstić information content (AvgIpc) is 3.64. The lowest BCUT2D eigenvalue weighted by Gasteiger charge is -2.41. The summed E-state index contributed by atoms with van der Waals surface area (Å²) in [6.45, 7) is 15.6. The van der Waals surface area contributed by atoms with Crippen molar-refractivity contribution in [1.29, 1.82) is 0 Å². The van der Waals surface area contributed by atoms with Crippen LogP contribution in [0.5, 0.6) is 0 Å². The predicted molar refractivity (Wildman–Crippen MR) is 170 cm³/mol. The highest BCUT2D eigenvalue weighted by Gasteiger charge is 2.74. The molecule has 3 saturated heterocycles. The van der Waals surface area contributed by atoms with E-state index in [0.717, 1.165) is 37.7 Å². The number of fused-ring (bicyclic) bond motifs is 1. The molecule has 3 heterocycles. The second-order valence-corrected chi connectivity index (χ2v) is 13.8. The maximum absolute atomic E-state index is 14.6. The van der Waals surface area contributed by atoms with Crippen LogP contribution < -0.4 is 0 Å². The zero-order valence-corrected chi connectivity index (χ0v) is 26.4. The molecule has 2 unspecified atom stereocenters. The van der Waals surface area contributed by atoms with Crippen molar-refractivity contribution >= 4 is 29.5 Å². The summed E-state index contributed by atoms with van der Waals surface area (Å²) >= 11 is 1.69. The number of thioether (sulfide) groups is 1. The number of amides is 3. The molecule has 42 heavy (non-hydrogen) atoms. The monoisotopic (exact) mass is 595 g/mol. The molecule has 1 aromatic carbocycles. The molecule has 3 amide bonds. The van der Waals surface area contributed by atoms with Crippen molar-refractivity contribution in [2.45, 2.75) is 87.9 Å². The Morgan fingerprint density at radius 1 is 1.12 bits per heavy atom. The van der Waals surface area contributed by atoms with Gasteiger partial charge >= 0.3 is 0 Å². The van der Waals surface area contributed by atoms with E-state index in [0.29, 0.717) is 32.6 Å². The summed E-state index contributed by atoms with van der Waals surface area (Å²) in [5, 5.41) is 10.6. The largest absolute Gasteiger partial charge is 0.394 e. The van der Waals surface area contributed by atoms with Crippen LogP contribution in [0.15, 0.2) is 55.6 Å². The van der Waals surface area contributed by atoms with Gasteiger partial charge < -0.3 is 19.8 Å². The van der Waals surface area contributed by atoms with Gasteiger partial charge in [0.15, 0.2) is 0 Å². The number of hydrogen-bond acceptors (Lipinski definition) is 5. The molecule has 1 aromatic rings. The first-order valence-corrected chi connectivity index (χ1v) is 16.6. The minimum atomic E-state index is -0.711. The Balaban J connectivity index is 1.74. The minimum Gasteiger partial charge on any atom is -0.394 e. The Morgan fingerprint density at radius 2 is 1.81 bits per heavy atom. The van der Waals surface area contributed by atoms with Gasteiger partial charge in [-0.1, -0.05) is 82.5 Å². The number of aliphatic hydroxyl groups is 1. The maximum Gasteiger partial charge on any atom is 0.247 e. The average molecular weight is 596 g/mol. The van der Waals surface area contributed by atoms with Crippen LogP contribution >= 0.6 is 11.8 Å². The fourth-order valence-corrected chi connectivity index (χ4v) is 9.59. The molecule has 8 heteroatoms. The quantitative estimate of drug-likeness (QED) is 0.217. The van der Waals surface area contributed by atoms with Crippen LogP contribution in [0.25, 0.3) is 0 Å². The van der Waals surface area contributed by atoms with Gasteiger partial charge in [-0.05, 0) is 30.7 Å². The Hall–Kier alpha value is -2.58. The SMILES string of the molecule is C=CCN(CCCCC)C(=O)C1N([C@@H](CO)[C@@H](C)CC)C(=O)[C@@H]2[C@@H](C(=O)N(CC=C)Cc3ccccc3)[C@H]3CCC12S3. The van der Waals surface area contributed by atoms with Crippen LogP contribution in [0.2, 0.25) is 0 Å². The number of aliphatic hydroxyl groups excluding tert-OH is 1. The van der Waals surface area contributed by atoms with E-state index in [1.165, 1.54) is 0 Å². The highest BCUT2D eigenvalue weighted by atomic mass is 32.2. The Labute approximate surface area is 256 Å². The molecule has 0 radical (unpaired) electrons. The first-order valence-electron chi connectivity index (χ1n) is 15.7. The molecule has 7 atom stereocenters. The first-order chi connectivity index (χ1) is 20.3. The van der Waals surface area contributed by atoms with E-state index in [2.05, 4.69) is 20.1 Å². The van der Waals surface area contributed by atoms with Crippen LogP contribution in [0.4, 0.5) is 0 Å². The molecule has 0 aromatic heterocycles. The standard InChI is InChI=1S/C34H49N3O4S/c1-6-10-14-21-35(19-7-2)33(41)30-34-18-17-27(42-34)28(29(34)32(40)37(30)26(23-38)24(5)9-4)31(39)36(20-8-3)22-25-15-12-11-13-16-25/h7-8,11-13,15-16,24,26-30,38H,2-3,6,9-10,14,17-23H2,1,4-5H3/t24-,26-,27+,28-,29-,30?,34?/m0/s1. The minimum absolute atomic E-state index is 0.00381. The van der Waals surface area contributed by atoms with Crippen molar-refractivity contribution in [3.05, 3.63) is 61.2 Å². The van der Waals surface area contributed by atoms with Crippen molar-refractivity contribution in [3.8, 4) is 0 Å². The molecule has 0 aliphatic carbocycles. The fraction of sp³-hybridized carbons (Fsp3) is 0.618. The molecule has 2 bridgehead atoms. The summed E-state index contributed by atoms with van der Waals surface area (Å²) in [5.74, 6) is -1.36. The molecule has 7 nitrogen and oxygen atoms in total. The molecule has 230 valence electrons. The summed E-state index contributed by atoms with van der Waals surface area (Å²) in [6, 6.07) is 8.68. The van der Waals surface area contributed by atoms with Crippen molar-refractivity contribution < 1.29 is 19.5 Å². The van der Waals surface area contributed by atoms with E-state index >= 15 is 0 Å². The third-order valence-electron chi connectivity index (χ3n) is 9.67. The van der Waals surface area contributed by atoms with E-state index in [1.54, 1.807) is 28.8 Å². The lowest BCUT2D eigenvalue weighted by atomic mass is 9.70. The Morgan fingerprint density at radius 3 is 2.43 bits per heavy atom. The van der Waals surface area contributed by atoms with Crippen molar-refractivity contribution in [2.24, 2.45) is 17.8 Å². The number of unbranched alkanes of at least 4 members (excludes halogenated alkanes) is 2. The molecule has 1 N–H and O–H groups in total. The van der Waals surface area contributed by atoms with Gasteiger partial charge in [0.25, 0.3) is 0 Å². The number of benzene rings is 1. The van der Waals surface area contributed by atoms with Gasteiger partial charge in [0, 0.05) is 31.4 Å². The lowest BCUT2D eigenvalue weighted by molar-refractivity contribution is -0.148. The lowest BCUT2D eigenvalue weighted by Crippen LogP contribution is -2.58. The van der Waals surface area contributed by atoms with Crippen LogP contribution in [0, 0.1) is 17.8 Å². The topological polar surface area (TPSA) is 81.2 Å². The van der Waals surface area contributed by atoms with E-state index < -0.39 is 28.7 Å². The van der Waals surface area contributed by atoms with Gasteiger partial charge in [0.1, 0.15) is 6.04 Å². The van der Waals surface area contributed by atoms with Crippen LogP contribution in [-0.4, -0.2) is 85.8 Å². The molecular formula is C34H49N3O4S. The number of carbonyl (C=O) groups excluding carboxylic acids is 3. The van der Waals surface area contributed by atoms with E-state index in [-0.39, 0.29) is 35.5 Å². The van der Waals surface area contributed by atoms with Crippen molar-refractivity contribution in [2.75, 3.05) is 26.2 Å². The van der Waals surface area contributed by atoms with Crippen LogP contribution in [0.1, 0.15) is 64.9 Å². The normalized spacial score (nSPS) is 27.4. The van der Waals surface area contributed by atoms with Gasteiger partial charge in [0.05, 0.1) is 29.2 Å². The zero-order chi connectivity index (χ0) is 30.4. The predicted octanol–water partition coefficient (Wildman–Crippen LogP) is 4.90. The second kappa shape index (κ2) is 14.3. The molecule has 1 spiro atoms. The number of hydrogen-bond donors (Lipinski definition) is 1. The summed E-state index contributed by atoms with van der Waals surface area (Å²) in [7, 11) is 0. The third-order valence-corrected chi connectivity index (χ3v) is 11.6. The molecular weight excluding hydrogens is 546 g/mol. The van der Waals surface area contributed by atoms with E-state index in [1.807, 2.05) is 54.0 Å². The first kappa shape index (κ1) is 32.3. The Kier molecular flexibility index (Phi) is 11.0. The number of carbonyl (C=O) groups is 3.